The summed E-state index contributed by atoms with van der Waals surface area (Å²) in [6.07, 6.45) is 9.14. The fraction of sp³-hybridized carbons (Fsp3) is 0.0417. The molecule has 0 fully saturated rings. The fourth-order valence-corrected chi connectivity index (χ4v) is 8.66. The average molecular weight is 623 g/mol. The second-order valence-electron chi connectivity index (χ2n) is 13.6. The molecular weight excluding hydrogens is 593 g/mol. The maximum Gasteiger partial charge on any atom is 0.136 e. The lowest BCUT2D eigenvalue weighted by Gasteiger charge is -2.34. The van der Waals surface area contributed by atoms with Gasteiger partial charge in [0, 0.05) is 22.8 Å². The maximum absolute atomic E-state index is 6.55. The first-order valence-electron chi connectivity index (χ1n) is 17.2. The molecule has 2 unspecified atom stereocenters. The summed E-state index contributed by atoms with van der Waals surface area (Å²) in [5.74, 6) is 2.59. The molecule has 1 aliphatic heterocycles. The lowest BCUT2D eigenvalue weighted by Crippen LogP contribution is -2.16. The number of allylic oxidation sites excluding steroid dienone is 4. The third-order valence-corrected chi connectivity index (χ3v) is 11.0. The van der Waals surface area contributed by atoms with Crippen molar-refractivity contribution in [3.8, 4) is 56.0 Å². The molecule has 1 nitrogen and oxygen atoms in total. The summed E-state index contributed by atoms with van der Waals surface area (Å²) in [7, 11) is 0. The first-order valence-corrected chi connectivity index (χ1v) is 17.2. The highest BCUT2D eigenvalue weighted by Gasteiger charge is 2.31. The van der Waals surface area contributed by atoms with E-state index in [0.717, 1.165) is 17.1 Å². The number of rotatable bonds is 2. The van der Waals surface area contributed by atoms with Crippen molar-refractivity contribution in [1.82, 2.24) is 0 Å². The summed E-state index contributed by atoms with van der Waals surface area (Å²) >= 11 is 0. The van der Waals surface area contributed by atoms with Crippen molar-refractivity contribution in [2.24, 2.45) is 0 Å². The number of fused-ring (bicyclic) bond motifs is 11. The summed E-state index contributed by atoms with van der Waals surface area (Å²) in [5.41, 5.74) is 12.8. The molecule has 0 spiro atoms. The standard InChI is InChI=1S/C48H30O/c1-2-9-36-35(8-1)28-47-48-42(36)14-7-15-43(48)45-27-34(21-23-46(45)49-47)32-19-17-29-24-31(18-16-30(29)25-32)33-20-22-41-39-12-4-3-10-37(39)38-11-5-6-13-40(38)44(41)26-33/h1-28,38,40H. The van der Waals surface area contributed by atoms with Crippen LogP contribution in [0.15, 0.2) is 170 Å². The molecule has 8 aromatic rings. The Kier molecular flexibility index (Phi) is 5.57. The number of benzene rings is 8. The highest BCUT2D eigenvalue weighted by atomic mass is 16.5. The van der Waals surface area contributed by atoms with Gasteiger partial charge in [-0.2, -0.15) is 0 Å². The highest BCUT2D eigenvalue weighted by Crippen LogP contribution is 2.51. The van der Waals surface area contributed by atoms with Crippen molar-refractivity contribution in [1.29, 1.82) is 0 Å². The molecule has 8 aromatic carbocycles. The van der Waals surface area contributed by atoms with E-state index in [1.54, 1.807) is 0 Å². The zero-order chi connectivity index (χ0) is 32.1. The Morgan fingerprint density at radius 2 is 1.00 bits per heavy atom. The second-order valence-corrected chi connectivity index (χ2v) is 13.6. The Morgan fingerprint density at radius 1 is 0.367 bits per heavy atom. The van der Waals surface area contributed by atoms with Gasteiger partial charge in [-0.25, -0.2) is 0 Å². The number of hydrogen-bond acceptors (Lipinski definition) is 1. The van der Waals surface area contributed by atoms with E-state index in [-0.39, 0.29) is 0 Å². The smallest absolute Gasteiger partial charge is 0.136 e. The van der Waals surface area contributed by atoms with Gasteiger partial charge >= 0.3 is 0 Å². The van der Waals surface area contributed by atoms with E-state index >= 15 is 0 Å². The van der Waals surface area contributed by atoms with E-state index in [1.807, 2.05) is 0 Å². The van der Waals surface area contributed by atoms with Crippen molar-refractivity contribution in [2.75, 3.05) is 0 Å². The van der Waals surface area contributed by atoms with Gasteiger partial charge < -0.3 is 4.74 Å². The van der Waals surface area contributed by atoms with Gasteiger partial charge in [0.25, 0.3) is 0 Å². The van der Waals surface area contributed by atoms with Gasteiger partial charge in [-0.05, 0) is 113 Å². The van der Waals surface area contributed by atoms with Crippen molar-refractivity contribution >= 4 is 32.3 Å². The minimum atomic E-state index is 0.361. The van der Waals surface area contributed by atoms with Gasteiger partial charge in [-0.15, -0.1) is 0 Å². The lowest BCUT2D eigenvalue weighted by molar-refractivity contribution is 0.488. The van der Waals surface area contributed by atoms with Crippen LogP contribution in [0.1, 0.15) is 23.0 Å². The third-order valence-electron chi connectivity index (χ3n) is 11.0. The summed E-state index contributed by atoms with van der Waals surface area (Å²) in [4.78, 5) is 0. The van der Waals surface area contributed by atoms with Crippen LogP contribution >= 0.6 is 0 Å². The molecule has 1 heterocycles. The minimum absolute atomic E-state index is 0.361. The predicted octanol–water partition coefficient (Wildman–Crippen LogP) is 13.2. The topological polar surface area (TPSA) is 9.23 Å². The largest absolute Gasteiger partial charge is 0.456 e. The molecule has 0 saturated heterocycles. The molecule has 2 atom stereocenters. The molecule has 0 saturated carbocycles. The maximum atomic E-state index is 6.55. The van der Waals surface area contributed by atoms with Crippen molar-refractivity contribution in [2.45, 2.75) is 11.8 Å². The van der Waals surface area contributed by atoms with E-state index in [0.29, 0.717) is 11.8 Å². The Morgan fingerprint density at radius 3 is 1.86 bits per heavy atom. The van der Waals surface area contributed by atoms with Gasteiger partial charge in [0.2, 0.25) is 0 Å². The van der Waals surface area contributed by atoms with E-state index < -0.39 is 0 Å². The molecule has 0 bridgehead atoms. The SMILES string of the molecule is C1=CC2c3ccccc3-c3ccc(-c4ccc5cc(-c6ccc7c(c6)-c6cccc8c6c(cc6ccccc68)O7)ccc5c4)cc3C2C=C1. The molecular formula is C48H30O. The number of hydrogen-bond donors (Lipinski definition) is 0. The fourth-order valence-electron chi connectivity index (χ4n) is 8.66. The first-order chi connectivity index (χ1) is 24.3. The van der Waals surface area contributed by atoms with Crippen LogP contribution in [0.3, 0.4) is 0 Å². The molecule has 0 aromatic heterocycles. The molecule has 2 aliphatic carbocycles. The van der Waals surface area contributed by atoms with Crippen LogP contribution in [0.2, 0.25) is 0 Å². The normalized spacial score (nSPS) is 16.6. The predicted molar refractivity (Wildman–Crippen MR) is 205 cm³/mol. The van der Waals surface area contributed by atoms with Crippen LogP contribution in [0.25, 0.3) is 76.8 Å². The number of ether oxygens (including phenoxy) is 1. The van der Waals surface area contributed by atoms with Gasteiger partial charge in [0.15, 0.2) is 0 Å². The molecule has 11 rings (SSSR count). The molecule has 0 N–H and O–H groups in total. The molecule has 228 valence electrons. The van der Waals surface area contributed by atoms with Crippen LogP contribution in [-0.4, -0.2) is 0 Å². The van der Waals surface area contributed by atoms with Crippen LogP contribution in [0.4, 0.5) is 0 Å². The molecule has 0 radical (unpaired) electrons. The van der Waals surface area contributed by atoms with Gasteiger partial charge in [0.05, 0.1) is 0 Å². The van der Waals surface area contributed by atoms with Gasteiger partial charge in [-0.1, -0.05) is 133 Å². The third kappa shape index (κ3) is 4.00. The van der Waals surface area contributed by atoms with E-state index in [4.69, 9.17) is 4.74 Å². The Labute approximate surface area is 285 Å². The average Bonchev–Trinajstić information content (AvgIpc) is 3.17. The zero-order valence-corrected chi connectivity index (χ0v) is 26.7. The van der Waals surface area contributed by atoms with Crippen molar-refractivity contribution in [3.63, 3.8) is 0 Å². The lowest BCUT2D eigenvalue weighted by atomic mass is 9.69. The minimum Gasteiger partial charge on any atom is -0.456 e. The Bertz CT molecular complexity index is 2760. The zero-order valence-electron chi connectivity index (χ0n) is 26.7. The highest BCUT2D eigenvalue weighted by molar-refractivity contribution is 6.16. The van der Waals surface area contributed by atoms with E-state index in [1.165, 1.54) is 82.4 Å². The van der Waals surface area contributed by atoms with Crippen molar-refractivity contribution < 1.29 is 4.74 Å². The van der Waals surface area contributed by atoms with Gasteiger partial charge in [-0.3, -0.25) is 0 Å². The monoisotopic (exact) mass is 622 g/mol. The van der Waals surface area contributed by atoms with Gasteiger partial charge in [0.1, 0.15) is 11.5 Å². The van der Waals surface area contributed by atoms with E-state index in [2.05, 4.69) is 170 Å². The summed E-state index contributed by atoms with van der Waals surface area (Å²) in [5, 5.41) is 7.36. The van der Waals surface area contributed by atoms with Crippen LogP contribution < -0.4 is 4.74 Å². The first kappa shape index (κ1) is 26.8. The quantitative estimate of drug-likeness (QED) is 0.174. The Balaban J connectivity index is 0.969. The molecule has 3 aliphatic rings. The summed E-state index contributed by atoms with van der Waals surface area (Å²) in [6, 6.07) is 53.7. The summed E-state index contributed by atoms with van der Waals surface area (Å²) < 4.78 is 6.55. The second kappa shape index (κ2) is 10.2. The molecule has 49 heavy (non-hydrogen) atoms. The van der Waals surface area contributed by atoms with Crippen LogP contribution in [0, 0.1) is 0 Å². The van der Waals surface area contributed by atoms with Crippen LogP contribution in [0.5, 0.6) is 11.5 Å². The van der Waals surface area contributed by atoms with Crippen LogP contribution in [-0.2, 0) is 0 Å². The Hall–Kier alpha value is -6.18. The summed E-state index contributed by atoms with van der Waals surface area (Å²) in [6.45, 7) is 0. The van der Waals surface area contributed by atoms with E-state index in [9.17, 15) is 0 Å². The molecule has 0 amide bonds. The molecule has 1 heteroatoms. The van der Waals surface area contributed by atoms with Crippen molar-refractivity contribution in [3.05, 3.63) is 181 Å².